The number of unbranched alkanes of at least 4 members (excludes halogenated alkanes) is 2. The molecule has 3 amide bonds. The molecule has 186 valence electrons. The first kappa shape index (κ1) is 24.7. The summed E-state index contributed by atoms with van der Waals surface area (Å²) in [7, 11) is 0. The van der Waals surface area contributed by atoms with Crippen molar-refractivity contribution in [3.63, 3.8) is 0 Å². The van der Waals surface area contributed by atoms with Crippen molar-refractivity contribution in [2.24, 2.45) is 11.8 Å². The van der Waals surface area contributed by atoms with Gasteiger partial charge in [0.25, 0.3) is 0 Å². The van der Waals surface area contributed by atoms with Crippen LogP contribution in [0.25, 0.3) is 0 Å². The van der Waals surface area contributed by atoms with Crippen LogP contribution in [0.3, 0.4) is 0 Å². The smallest absolute Gasteiger partial charge is 0.245 e. The number of carbonyl (C=O) groups is 3. The first-order valence-corrected chi connectivity index (χ1v) is 12.7. The van der Waals surface area contributed by atoms with Crippen LogP contribution in [0.5, 0.6) is 0 Å². The monoisotopic (exact) mass is 471 g/mol. The Morgan fingerprint density at radius 2 is 1.88 bits per heavy atom. The molecule has 1 spiro atoms. The van der Waals surface area contributed by atoms with Crippen molar-refractivity contribution < 1.29 is 24.2 Å². The maximum absolute atomic E-state index is 13.9. The molecular formula is C26H37N3O5. The Bertz CT molecular complexity index is 909. The van der Waals surface area contributed by atoms with E-state index in [1.165, 1.54) is 0 Å². The molecule has 3 N–H and O–H groups in total. The van der Waals surface area contributed by atoms with Gasteiger partial charge in [-0.1, -0.05) is 38.5 Å². The van der Waals surface area contributed by atoms with E-state index in [1.807, 2.05) is 37.3 Å². The fraction of sp³-hybridized carbons (Fsp3) is 0.654. The van der Waals surface area contributed by atoms with Crippen molar-refractivity contribution in [2.45, 2.75) is 76.0 Å². The van der Waals surface area contributed by atoms with Gasteiger partial charge in [0.1, 0.15) is 11.6 Å². The number of anilines is 1. The lowest BCUT2D eigenvalue weighted by Gasteiger charge is -2.34. The highest BCUT2D eigenvalue weighted by Gasteiger charge is 2.78. The van der Waals surface area contributed by atoms with E-state index in [0.717, 1.165) is 12.8 Å². The van der Waals surface area contributed by atoms with E-state index >= 15 is 0 Å². The van der Waals surface area contributed by atoms with E-state index < -0.39 is 29.1 Å². The van der Waals surface area contributed by atoms with Gasteiger partial charge in [-0.05, 0) is 50.7 Å². The SMILES string of the molecule is CCCCNC(=O)C1N(CCCCO)C(=O)[C@@H]2[C@@H](C(=O)Nc3ccccc3)[C@@]3(CC)CCC12O3. The molecule has 8 nitrogen and oxygen atoms in total. The van der Waals surface area contributed by atoms with Crippen LogP contribution in [0.1, 0.15) is 58.8 Å². The average Bonchev–Trinajstić information content (AvgIpc) is 3.44. The third kappa shape index (κ3) is 4.01. The molecule has 3 saturated heterocycles. The van der Waals surface area contributed by atoms with Gasteiger partial charge in [-0.2, -0.15) is 0 Å². The molecule has 3 aliphatic rings. The number of para-hydroxylation sites is 1. The zero-order valence-electron chi connectivity index (χ0n) is 20.2. The van der Waals surface area contributed by atoms with Gasteiger partial charge in [0, 0.05) is 25.4 Å². The number of likely N-dealkylation sites (tertiary alicyclic amines) is 1. The molecule has 5 atom stereocenters. The largest absolute Gasteiger partial charge is 0.396 e. The van der Waals surface area contributed by atoms with Crippen LogP contribution in [0.15, 0.2) is 30.3 Å². The number of nitrogens with one attached hydrogen (secondary N) is 2. The molecule has 4 rings (SSSR count). The highest BCUT2D eigenvalue weighted by atomic mass is 16.5. The summed E-state index contributed by atoms with van der Waals surface area (Å²) in [5.74, 6) is -1.97. The Labute approximate surface area is 201 Å². The van der Waals surface area contributed by atoms with E-state index in [1.54, 1.807) is 4.90 Å². The van der Waals surface area contributed by atoms with Crippen molar-refractivity contribution in [3.8, 4) is 0 Å². The predicted octanol–water partition coefficient (Wildman–Crippen LogP) is 2.47. The fourth-order valence-electron chi connectivity index (χ4n) is 6.28. The summed E-state index contributed by atoms with van der Waals surface area (Å²) >= 11 is 0. The first-order chi connectivity index (χ1) is 16.4. The Hall–Kier alpha value is -2.45. The van der Waals surface area contributed by atoms with Crippen LogP contribution in [-0.4, -0.2) is 64.7 Å². The summed E-state index contributed by atoms with van der Waals surface area (Å²) in [6, 6.07) is 8.47. The number of carbonyl (C=O) groups excluding carboxylic acids is 3. The third-order valence-electron chi connectivity index (χ3n) is 7.89. The van der Waals surface area contributed by atoms with E-state index in [9.17, 15) is 19.5 Å². The highest BCUT2D eigenvalue weighted by molar-refractivity contribution is 6.02. The first-order valence-electron chi connectivity index (χ1n) is 12.7. The molecule has 34 heavy (non-hydrogen) atoms. The van der Waals surface area contributed by atoms with Crippen LogP contribution in [0, 0.1) is 11.8 Å². The second kappa shape index (κ2) is 10.0. The summed E-state index contributed by atoms with van der Waals surface area (Å²) in [4.78, 5) is 42.6. The van der Waals surface area contributed by atoms with Crippen LogP contribution < -0.4 is 10.6 Å². The second-order valence-corrected chi connectivity index (χ2v) is 9.80. The van der Waals surface area contributed by atoms with Crippen molar-refractivity contribution >= 4 is 23.4 Å². The van der Waals surface area contributed by atoms with Gasteiger partial charge in [-0.15, -0.1) is 0 Å². The predicted molar refractivity (Wildman–Crippen MR) is 128 cm³/mol. The molecule has 3 fully saturated rings. The van der Waals surface area contributed by atoms with Crippen LogP contribution in [0.4, 0.5) is 5.69 Å². The number of ether oxygens (including phenoxy) is 1. The second-order valence-electron chi connectivity index (χ2n) is 9.80. The normalized spacial score (nSPS) is 31.6. The molecule has 0 aliphatic carbocycles. The van der Waals surface area contributed by atoms with Gasteiger partial charge < -0.3 is 25.4 Å². The average molecular weight is 472 g/mol. The number of benzene rings is 1. The third-order valence-corrected chi connectivity index (χ3v) is 7.89. The van der Waals surface area contributed by atoms with Gasteiger partial charge in [0.15, 0.2) is 0 Å². The van der Waals surface area contributed by atoms with Gasteiger partial charge in [0.2, 0.25) is 17.7 Å². The minimum atomic E-state index is -0.999. The maximum Gasteiger partial charge on any atom is 0.245 e. The topological polar surface area (TPSA) is 108 Å². The van der Waals surface area contributed by atoms with E-state index in [4.69, 9.17) is 4.74 Å². The minimum Gasteiger partial charge on any atom is -0.396 e. The summed E-state index contributed by atoms with van der Waals surface area (Å²) in [6.07, 6.45) is 4.76. The molecule has 2 unspecified atom stereocenters. The molecule has 0 saturated carbocycles. The minimum absolute atomic E-state index is 0.0293. The molecule has 8 heteroatoms. The molecule has 0 aromatic heterocycles. The lowest BCUT2D eigenvalue weighted by Crippen LogP contribution is -2.55. The zero-order valence-corrected chi connectivity index (χ0v) is 20.2. The van der Waals surface area contributed by atoms with E-state index in [2.05, 4.69) is 17.6 Å². The molecular weight excluding hydrogens is 434 g/mol. The van der Waals surface area contributed by atoms with Crippen LogP contribution >= 0.6 is 0 Å². The zero-order chi connectivity index (χ0) is 24.3. The molecule has 1 aromatic rings. The Morgan fingerprint density at radius 3 is 2.56 bits per heavy atom. The van der Waals surface area contributed by atoms with Crippen molar-refractivity contribution in [1.29, 1.82) is 0 Å². The Morgan fingerprint density at radius 1 is 1.12 bits per heavy atom. The van der Waals surface area contributed by atoms with Gasteiger partial charge in [-0.3, -0.25) is 14.4 Å². The van der Waals surface area contributed by atoms with Gasteiger partial charge in [-0.25, -0.2) is 0 Å². The van der Waals surface area contributed by atoms with Crippen LogP contribution in [0.2, 0.25) is 0 Å². The summed E-state index contributed by atoms with van der Waals surface area (Å²) in [5.41, 5.74) is -1.07. The van der Waals surface area contributed by atoms with E-state index in [0.29, 0.717) is 50.9 Å². The summed E-state index contributed by atoms with van der Waals surface area (Å²) in [6.45, 7) is 4.98. The highest BCUT2D eigenvalue weighted by Crippen LogP contribution is 2.64. The van der Waals surface area contributed by atoms with Crippen LogP contribution in [-0.2, 0) is 19.1 Å². The van der Waals surface area contributed by atoms with Crippen molar-refractivity contribution in [2.75, 3.05) is 25.0 Å². The van der Waals surface area contributed by atoms with Crippen molar-refractivity contribution in [3.05, 3.63) is 30.3 Å². The number of aliphatic hydroxyl groups is 1. The fourth-order valence-corrected chi connectivity index (χ4v) is 6.28. The molecule has 0 radical (unpaired) electrons. The number of aliphatic hydroxyl groups excluding tert-OH is 1. The quantitative estimate of drug-likeness (QED) is 0.430. The number of amides is 3. The number of hydrogen-bond donors (Lipinski definition) is 3. The van der Waals surface area contributed by atoms with E-state index in [-0.39, 0.29) is 24.3 Å². The molecule has 3 heterocycles. The molecule has 2 bridgehead atoms. The number of hydrogen-bond acceptors (Lipinski definition) is 5. The standard InChI is InChI=1S/C26H37N3O5/c1-3-5-15-27-23(32)21-26-14-13-25(4-2,34-26)19(22(31)28-18-11-7-6-8-12-18)20(26)24(33)29(21)16-9-10-17-30/h6-8,11-12,19-21,30H,3-5,9-10,13-17H2,1-2H3,(H,27,32)(H,28,31)/t19-,20-,21?,25+,26?/m0/s1. The summed E-state index contributed by atoms with van der Waals surface area (Å²) < 4.78 is 6.71. The number of fused-ring (bicyclic) bond motifs is 1. The lowest BCUT2D eigenvalue weighted by molar-refractivity contribution is -0.146. The maximum atomic E-state index is 13.9. The number of rotatable bonds is 11. The van der Waals surface area contributed by atoms with Crippen molar-refractivity contribution in [1.82, 2.24) is 10.2 Å². The Kier molecular flexibility index (Phi) is 7.28. The number of nitrogens with zero attached hydrogens (tertiary/aromatic N) is 1. The van der Waals surface area contributed by atoms with Gasteiger partial charge in [0.05, 0.1) is 17.4 Å². The van der Waals surface area contributed by atoms with Gasteiger partial charge >= 0.3 is 0 Å². The molecule has 1 aromatic carbocycles. The Balaban J connectivity index is 1.67. The molecule has 3 aliphatic heterocycles. The lowest BCUT2D eigenvalue weighted by atomic mass is 9.65. The summed E-state index contributed by atoms with van der Waals surface area (Å²) in [5, 5.41) is 15.2.